The Morgan fingerprint density at radius 3 is 2.88 bits per heavy atom. The molecule has 0 radical (unpaired) electrons. The monoisotopic (exact) mass is 341 g/mol. The predicted octanol–water partition coefficient (Wildman–Crippen LogP) is 3.12. The van der Waals surface area contributed by atoms with E-state index in [-0.39, 0.29) is 0 Å². The SMILES string of the molecule is Cc1n[nH]cc1-c1ccc2nnn(Cc3ccc4ncccc4c3)c2n1. The Morgan fingerprint density at radius 2 is 2.00 bits per heavy atom. The van der Waals surface area contributed by atoms with E-state index in [4.69, 9.17) is 4.98 Å². The molecule has 0 saturated carbocycles. The first-order valence-electron chi connectivity index (χ1n) is 8.32. The molecular formula is C19H15N7. The van der Waals surface area contributed by atoms with Crippen molar-refractivity contribution >= 4 is 22.1 Å². The molecule has 0 unspecified atom stereocenters. The second-order valence-corrected chi connectivity index (χ2v) is 6.20. The Kier molecular flexibility index (Phi) is 3.24. The topological polar surface area (TPSA) is 85.2 Å². The number of rotatable bonds is 3. The molecule has 4 heterocycles. The van der Waals surface area contributed by atoms with Gasteiger partial charge in [0.2, 0.25) is 0 Å². The highest BCUT2D eigenvalue weighted by atomic mass is 15.4. The van der Waals surface area contributed by atoms with Gasteiger partial charge in [-0.05, 0) is 42.8 Å². The van der Waals surface area contributed by atoms with Crippen LogP contribution >= 0.6 is 0 Å². The van der Waals surface area contributed by atoms with E-state index in [0.29, 0.717) is 6.54 Å². The molecule has 0 atom stereocenters. The van der Waals surface area contributed by atoms with Gasteiger partial charge in [-0.15, -0.1) is 5.10 Å². The van der Waals surface area contributed by atoms with E-state index in [2.05, 4.69) is 43.7 Å². The fraction of sp³-hybridized carbons (Fsp3) is 0.105. The van der Waals surface area contributed by atoms with Crippen LogP contribution in [-0.2, 0) is 6.54 Å². The number of hydrogen-bond acceptors (Lipinski definition) is 5. The molecule has 0 aliphatic carbocycles. The van der Waals surface area contributed by atoms with Gasteiger partial charge in [-0.3, -0.25) is 10.1 Å². The minimum Gasteiger partial charge on any atom is -0.285 e. The summed E-state index contributed by atoms with van der Waals surface area (Å²) in [6.07, 6.45) is 3.66. The van der Waals surface area contributed by atoms with Crippen LogP contribution in [0.1, 0.15) is 11.3 Å². The molecule has 1 N–H and O–H groups in total. The molecule has 0 fully saturated rings. The summed E-state index contributed by atoms with van der Waals surface area (Å²) in [5.41, 5.74) is 6.40. The number of benzene rings is 1. The van der Waals surface area contributed by atoms with Gasteiger partial charge in [0, 0.05) is 23.3 Å². The average molecular weight is 341 g/mol. The van der Waals surface area contributed by atoms with Crippen molar-refractivity contribution in [2.75, 3.05) is 0 Å². The van der Waals surface area contributed by atoms with Gasteiger partial charge >= 0.3 is 0 Å². The molecule has 0 bridgehead atoms. The lowest BCUT2D eigenvalue weighted by molar-refractivity contribution is 0.665. The summed E-state index contributed by atoms with van der Waals surface area (Å²) < 4.78 is 1.83. The zero-order chi connectivity index (χ0) is 17.5. The third-order valence-corrected chi connectivity index (χ3v) is 4.47. The number of aromatic amines is 1. The molecule has 0 amide bonds. The predicted molar refractivity (Wildman–Crippen MR) is 98.5 cm³/mol. The number of nitrogens with zero attached hydrogens (tertiary/aromatic N) is 6. The number of fused-ring (bicyclic) bond motifs is 2. The van der Waals surface area contributed by atoms with Crippen LogP contribution in [0.15, 0.2) is 54.9 Å². The van der Waals surface area contributed by atoms with E-state index in [9.17, 15) is 0 Å². The van der Waals surface area contributed by atoms with Gasteiger partial charge in [-0.1, -0.05) is 17.3 Å². The van der Waals surface area contributed by atoms with Crippen molar-refractivity contribution < 1.29 is 0 Å². The van der Waals surface area contributed by atoms with Crippen molar-refractivity contribution in [2.45, 2.75) is 13.5 Å². The quantitative estimate of drug-likeness (QED) is 0.545. The fourth-order valence-electron chi connectivity index (χ4n) is 3.12. The van der Waals surface area contributed by atoms with E-state index >= 15 is 0 Å². The number of nitrogens with one attached hydrogen (secondary N) is 1. The molecule has 7 nitrogen and oxygen atoms in total. The van der Waals surface area contributed by atoms with Crippen LogP contribution in [0.3, 0.4) is 0 Å². The zero-order valence-corrected chi connectivity index (χ0v) is 14.1. The van der Waals surface area contributed by atoms with Crippen LogP contribution < -0.4 is 0 Å². The van der Waals surface area contributed by atoms with Crippen molar-refractivity contribution in [3.63, 3.8) is 0 Å². The standard InChI is InChI=1S/C19H15N7/c1-12-15(10-21-23-12)17-6-7-18-19(22-17)26(25-24-18)11-13-4-5-16-14(9-13)3-2-8-20-16/h2-10H,11H2,1H3,(H,21,23). The first kappa shape index (κ1) is 14.7. The number of pyridine rings is 2. The summed E-state index contributed by atoms with van der Waals surface area (Å²) >= 11 is 0. The summed E-state index contributed by atoms with van der Waals surface area (Å²) in [5.74, 6) is 0. The van der Waals surface area contributed by atoms with Crippen LogP contribution in [0, 0.1) is 6.92 Å². The van der Waals surface area contributed by atoms with E-state index in [1.54, 1.807) is 6.20 Å². The van der Waals surface area contributed by atoms with E-state index in [1.165, 1.54) is 0 Å². The van der Waals surface area contributed by atoms with Crippen molar-refractivity contribution in [3.05, 3.63) is 66.1 Å². The highest BCUT2D eigenvalue weighted by Gasteiger charge is 2.11. The normalized spacial score (nSPS) is 11.4. The van der Waals surface area contributed by atoms with Crippen molar-refractivity contribution in [3.8, 4) is 11.3 Å². The maximum Gasteiger partial charge on any atom is 0.179 e. The van der Waals surface area contributed by atoms with Crippen molar-refractivity contribution in [2.24, 2.45) is 0 Å². The highest BCUT2D eigenvalue weighted by Crippen LogP contribution is 2.22. The lowest BCUT2D eigenvalue weighted by atomic mass is 10.1. The van der Waals surface area contributed by atoms with Gasteiger partial charge in [-0.25, -0.2) is 9.67 Å². The lowest BCUT2D eigenvalue weighted by Gasteiger charge is -2.05. The van der Waals surface area contributed by atoms with E-state index in [0.717, 1.165) is 44.6 Å². The molecule has 5 aromatic rings. The average Bonchev–Trinajstić information content (AvgIpc) is 3.27. The molecule has 7 heteroatoms. The van der Waals surface area contributed by atoms with E-state index in [1.807, 2.05) is 42.1 Å². The van der Waals surface area contributed by atoms with Crippen LogP contribution in [0.4, 0.5) is 0 Å². The van der Waals surface area contributed by atoms with Gasteiger partial charge in [0.05, 0.1) is 23.4 Å². The number of aryl methyl sites for hydroxylation is 1. The maximum absolute atomic E-state index is 4.76. The summed E-state index contributed by atoms with van der Waals surface area (Å²) in [6.45, 7) is 2.55. The number of H-pyrrole nitrogens is 1. The summed E-state index contributed by atoms with van der Waals surface area (Å²) in [7, 11) is 0. The molecule has 0 spiro atoms. The minimum atomic E-state index is 0.599. The van der Waals surface area contributed by atoms with Crippen molar-refractivity contribution in [1.29, 1.82) is 0 Å². The Bertz CT molecular complexity index is 1240. The van der Waals surface area contributed by atoms with Crippen LogP contribution in [-0.4, -0.2) is 35.2 Å². The molecule has 0 aliphatic heterocycles. The van der Waals surface area contributed by atoms with Gasteiger partial charge in [0.15, 0.2) is 5.65 Å². The van der Waals surface area contributed by atoms with Gasteiger partial charge in [-0.2, -0.15) is 5.10 Å². The van der Waals surface area contributed by atoms with Gasteiger partial charge in [0.1, 0.15) is 5.52 Å². The van der Waals surface area contributed by atoms with Crippen LogP contribution in [0.25, 0.3) is 33.3 Å². The second-order valence-electron chi connectivity index (χ2n) is 6.20. The molecule has 0 saturated heterocycles. The van der Waals surface area contributed by atoms with Crippen LogP contribution in [0.5, 0.6) is 0 Å². The maximum atomic E-state index is 4.76. The highest BCUT2D eigenvalue weighted by molar-refractivity contribution is 5.79. The molecule has 1 aromatic carbocycles. The second kappa shape index (κ2) is 5.73. The summed E-state index contributed by atoms with van der Waals surface area (Å²) in [6, 6.07) is 14.1. The lowest BCUT2D eigenvalue weighted by Crippen LogP contribution is -2.03. The third-order valence-electron chi connectivity index (χ3n) is 4.47. The first-order chi connectivity index (χ1) is 12.8. The molecule has 4 aromatic heterocycles. The molecule has 26 heavy (non-hydrogen) atoms. The van der Waals surface area contributed by atoms with Gasteiger partial charge in [0.25, 0.3) is 0 Å². The number of hydrogen-bond donors (Lipinski definition) is 1. The first-order valence-corrected chi connectivity index (χ1v) is 8.32. The zero-order valence-electron chi connectivity index (χ0n) is 14.1. The molecule has 0 aliphatic rings. The Balaban J connectivity index is 1.56. The van der Waals surface area contributed by atoms with Gasteiger partial charge < -0.3 is 0 Å². The fourth-order valence-corrected chi connectivity index (χ4v) is 3.12. The minimum absolute atomic E-state index is 0.599. The Labute approximate surface area is 148 Å². The van der Waals surface area contributed by atoms with E-state index < -0.39 is 0 Å². The van der Waals surface area contributed by atoms with Crippen molar-refractivity contribution in [1.82, 2.24) is 35.2 Å². The third kappa shape index (κ3) is 2.41. The number of aromatic nitrogens is 7. The smallest absolute Gasteiger partial charge is 0.179 e. The van der Waals surface area contributed by atoms with Crippen LogP contribution in [0.2, 0.25) is 0 Å². The Morgan fingerprint density at radius 1 is 1.08 bits per heavy atom. The summed E-state index contributed by atoms with van der Waals surface area (Å²) in [4.78, 5) is 9.12. The Hall–Kier alpha value is -3.61. The molecule has 5 rings (SSSR count). The largest absolute Gasteiger partial charge is 0.285 e. The molecular weight excluding hydrogens is 326 g/mol. The molecule has 126 valence electrons. The summed E-state index contributed by atoms with van der Waals surface area (Å²) in [5, 5.41) is 16.7.